The van der Waals surface area contributed by atoms with Gasteiger partial charge in [-0.25, -0.2) is 9.78 Å². The molecule has 0 aliphatic carbocycles. The third kappa shape index (κ3) is 10.2. The number of para-hydroxylation sites is 1. The minimum atomic E-state index is -1.26. The molecule has 0 saturated carbocycles. The Labute approximate surface area is 270 Å². The SMILES string of the molecule is NC(N)=NCCCC(NC(=O)C(Cc1cnc[nH]1)NC(=O)C(N)Cc1c[nH]c2ccccc12)C(=O)NC(Cc1ccccc1)C(=O)O. The van der Waals surface area contributed by atoms with E-state index in [1.54, 1.807) is 36.5 Å². The molecule has 0 fully saturated rings. The third-order valence-corrected chi connectivity index (χ3v) is 7.54. The fourth-order valence-corrected chi connectivity index (χ4v) is 5.10. The fraction of sp³-hybridized carbons (Fsp3) is 0.312. The lowest BCUT2D eigenvalue weighted by molar-refractivity contribution is -0.142. The Kier molecular flexibility index (Phi) is 12.0. The topological polar surface area (TPSA) is 259 Å². The number of carbonyl (C=O) groups excluding carboxylic acids is 3. The summed E-state index contributed by atoms with van der Waals surface area (Å²) in [5.74, 6) is -3.33. The zero-order valence-electron chi connectivity index (χ0n) is 25.7. The fourth-order valence-electron chi connectivity index (χ4n) is 5.10. The molecule has 248 valence electrons. The number of nitrogens with zero attached hydrogens (tertiary/aromatic N) is 2. The van der Waals surface area contributed by atoms with Crippen molar-refractivity contribution in [3.63, 3.8) is 0 Å². The molecule has 4 unspecified atom stereocenters. The zero-order chi connectivity index (χ0) is 33.8. The second-order valence-corrected chi connectivity index (χ2v) is 11.1. The second kappa shape index (κ2) is 16.6. The lowest BCUT2D eigenvalue weighted by atomic mass is 10.0. The molecule has 0 aliphatic rings. The van der Waals surface area contributed by atoms with Gasteiger partial charge in [0.05, 0.1) is 12.4 Å². The first-order valence-corrected chi connectivity index (χ1v) is 15.1. The highest BCUT2D eigenvalue weighted by atomic mass is 16.4. The molecule has 0 radical (unpaired) electrons. The summed E-state index contributed by atoms with van der Waals surface area (Å²) in [6.07, 6.45) is 5.38. The van der Waals surface area contributed by atoms with Gasteiger partial charge in [0.2, 0.25) is 17.7 Å². The number of aliphatic carboxylic acids is 1. The van der Waals surface area contributed by atoms with Gasteiger partial charge in [0.25, 0.3) is 0 Å². The molecule has 2 aromatic heterocycles. The van der Waals surface area contributed by atoms with Gasteiger partial charge in [0, 0.05) is 48.4 Å². The molecule has 2 heterocycles. The maximum Gasteiger partial charge on any atom is 0.326 e. The predicted octanol–water partition coefficient (Wildman–Crippen LogP) is -0.161. The van der Waals surface area contributed by atoms with Gasteiger partial charge in [0.1, 0.15) is 18.1 Å². The van der Waals surface area contributed by atoms with Crippen LogP contribution in [0.5, 0.6) is 0 Å². The smallest absolute Gasteiger partial charge is 0.326 e. The van der Waals surface area contributed by atoms with E-state index < -0.39 is 47.9 Å². The van der Waals surface area contributed by atoms with Crippen LogP contribution in [0, 0.1) is 0 Å². The minimum Gasteiger partial charge on any atom is -0.480 e. The molecular weight excluding hydrogens is 604 g/mol. The number of H-pyrrole nitrogens is 2. The number of carbonyl (C=O) groups is 4. The van der Waals surface area contributed by atoms with Gasteiger partial charge in [-0.15, -0.1) is 0 Å². The van der Waals surface area contributed by atoms with Gasteiger partial charge in [-0.2, -0.15) is 0 Å². The normalized spacial score (nSPS) is 13.6. The number of rotatable bonds is 17. The number of imidazole rings is 1. The number of guanidine groups is 1. The Hall–Kier alpha value is -5.70. The summed E-state index contributed by atoms with van der Waals surface area (Å²) in [6.45, 7) is 0.172. The van der Waals surface area contributed by atoms with E-state index >= 15 is 0 Å². The van der Waals surface area contributed by atoms with Crippen molar-refractivity contribution in [3.8, 4) is 0 Å². The Morgan fingerprint density at radius 1 is 0.830 bits per heavy atom. The van der Waals surface area contributed by atoms with Gasteiger partial charge in [-0.3, -0.25) is 19.4 Å². The number of aliphatic imine (C=N–C) groups is 1. The van der Waals surface area contributed by atoms with Crippen LogP contribution in [0.25, 0.3) is 10.9 Å². The number of nitrogens with two attached hydrogens (primary N) is 3. The van der Waals surface area contributed by atoms with Gasteiger partial charge >= 0.3 is 5.97 Å². The van der Waals surface area contributed by atoms with Crippen LogP contribution in [0.1, 0.15) is 29.7 Å². The van der Waals surface area contributed by atoms with Gasteiger partial charge in [-0.05, 0) is 36.5 Å². The van der Waals surface area contributed by atoms with Crippen molar-refractivity contribution < 1.29 is 24.3 Å². The summed E-state index contributed by atoms with van der Waals surface area (Å²) in [5, 5.41) is 18.7. The molecule has 0 bridgehead atoms. The standard InChI is InChI=1S/C32H40N10O5/c33-23(14-20-16-38-24-10-5-4-9-22(20)24)28(43)41-26(15-21-17-36-18-39-21)30(45)40-25(11-6-12-37-32(34)35)29(44)42-27(31(46)47)13-19-7-2-1-3-8-19/h1-5,7-10,16-18,23,25-27,38H,6,11-15,33H2,(H,36,39)(H,40,45)(H,41,43)(H,42,44)(H,46,47)(H4,34,35,37). The highest BCUT2D eigenvalue weighted by Crippen LogP contribution is 2.19. The minimum absolute atomic E-state index is 0.0193. The first-order chi connectivity index (χ1) is 22.6. The first kappa shape index (κ1) is 34.2. The van der Waals surface area contributed by atoms with E-state index in [0.29, 0.717) is 17.7 Å². The number of benzene rings is 2. The molecule has 3 amide bonds. The molecule has 4 atom stereocenters. The summed E-state index contributed by atoms with van der Waals surface area (Å²) in [7, 11) is 0. The van der Waals surface area contributed by atoms with E-state index in [1.165, 1.54) is 12.5 Å². The van der Waals surface area contributed by atoms with Crippen molar-refractivity contribution in [3.05, 3.63) is 90.1 Å². The third-order valence-electron chi connectivity index (χ3n) is 7.54. The molecule has 2 aromatic carbocycles. The van der Waals surface area contributed by atoms with Crippen LogP contribution < -0.4 is 33.2 Å². The number of fused-ring (bicyclic) bond motifs is 1. The first-order valence-electron chi connectivity index (χ1n) is 15.1. The Balaban J connectivity index is 1.49. The molecular formula is C32H40N10O5. The summed E-state index contributed by atoms with van der Waals surface area (Å²) < 4.78 is 0. The molecule has 0 aliphatic heterocycles. The van der Waals surface area contributed by atoms with Gasteiger partial charge in [-0.1, -0.05) is 48.5 Å². The number of nitrogens with one attached hydrogen (secondary N) is 5. The monoisotopic (exact) mass is 644 g/mol. The van der Waals surface area contributed by atoms with Crippen molar-refractivity contribution in [2.45, 2.75) is 56.3 Å². The maximum atomic E-state index is 13.7. The van der Waals surface area contributed by atoms with E-state index in [1.807, 2.05) is 24.3 Å². The zero-order valence-corrected chi connectivity index (χ0v) is 25.7. The lowest BCUT2D eigenvalue weighted by Crippen LogP contribution is -2.58. The van der Waals surface area contributed by atoms with E-state index in [-0.39, 0.29) is 38.2 Å². The van der Waals surface area contributed by atoms with E-state index in [2.05, 4.69) is 35.9 Å². The highest BCUT2D eigenvalue weighted by Gasteiger charge is 2.31. The highest BCUT2D eigenvalue weighted by molar-refractivity contribution is 5.94. The molecule has 15 heteroatoms. The molecule has 12 N–H and O–H groups in total. The van der Waals surface area contributed by atoms with Crippen LogP contribution in [0.3, 0.4) is 0 Å². The molecule has 4 rings (SSSR count). The number of hydrogen-bond acceptors (Lipinski definition) is 7. The van der Waals surface area contributed by atoms with Gasteiger partial charge in [0.15, 0.2) is 5.96 Å². The van der Waals surface area contributed by atoms with Crippen LogP contribution in [0.15, 0.2) is 78.3 Å². The quantitative estimate of drug-likeness (QED) is 0.0419. The van der Waals surface area contributed by atoms with E-state index in [0.717, 1.165) is 16.5 Å². The molecule has 0 spiro atoms. The Bertz CT molecular complexity index is 1670. The van der Waals surface area contributed by atoms with E-state index in [9.17, 15) is 24.3 Å². The lowest BCUT2D eigenvalue weighted by Gasteiger charge is -2.25. The largest absolute Gasteiger partial charge is 0.480 e. The van der Waals surface area contributed by atoms with Crippen LogP contribution in [0.4, 0.5) is 0 Å². The summed E-state index contributed by atoms with van der Waals surface area (Å²) >= 11 is 0. The summed E-state index contributed by atoms with van der Waals surface area (Å²) in [4.78, 5) is 66.5. The number of aromatic amines is 2. The maximum absolute atomic E-state index is 13.7. The Morgan fingerprint density at radius 2 is 1.51 bits per heavy atom. The number of aromatic nitrogens is 3. The number of amides is 3. The number of hydrogen-bond donors (Lipinski definition) is 9. The number of carboxylic acid groups (broad SMARTS) is 1. The van der Waals surface area contributed by atoms with Crippen LogP contribution in [-0.4, -0.2) is 80.4 Å². The second-order valence-electron chi connectivity index (χ2n) is 11.1. The summed E-state index contributed by atoms with van der Waals surface area (Å²) in [5.41, 5.74) is 20.1. The van der Waals surface area contributed by atoms with Crippen LogP contribution in [0.2, 0.25) is 0 Å². The molecule has 15 nitrogen and oxygen atoms in total. The average Bonchev–Trinajstić information content (AvgIpc) is 3.72. The van der Waals surface area contributed by atoms with Crippen LogP contribution >= 0.6 is 0 Å². The molecule has 4 aromatic rings. The average molecular weight is 645 g/mol. The van der Waals surface area contributed by atoms with Gasteiger partial charge < -0.3 is 48.2 Å². The van der Waals surface area contributed by atoms with Crippen molar-refractivity contribution in [2.75, 3.05) is 6.54 Å². The Morgan fingerprint density at radius 3 is 2.21 bits per heavy atom. The van der Waals surface area contributed by atoms with E-state index in [4.69, 9.17) is 17.2 Å². The molecule has 0 saturated heterocycles. The van der Waals surface area contributed by atoms with Crippen molar-refractivity contribution in [1.82, 2.24) is 30.9 Å². The van der Waals surface area contributed by atoms with Crippen molar-refractivity contribution >= 4 is 40.6 Å². The van der Waals surface area contributed by atoms with Crippen molar-refractivity contribution in [2.24, 2.45) is 22.2 Å². The van der Waals surface area contributed by atoms with Crippen molar-refractivity contribution in [1.29, 1.82) is 0 Å². The summed E-state index contributed by atoms with van der Waals surface area (Å²) in [6, 6.07) is 11.9. The predicted molar refractivity (Wildman–Crippen MR) is 176 cm³/mol. The molecule has 47 heavy (non-hydrogen) atoms. The number of carboxylic acids is 1. The van der Waals surface area contributed by atoms with Crippen LogP contribution in [-0.2, 0) is 38.4 Å².